The average molecular weight is 387 g/mol. The number of Topliss-reactive ketones (excluding diaryl/α,β-unsaturated/α-hetero) is 1. The van der Waals surface area contributed by atoms with Crippen LogP contribution in [0.1, 0.15) is 77.0 Å². The molecule has 27 heavy (non-hydrogen) atoms. The minimum atomic E-state index is -1.23. The van der Waals surface area contributed by atoms with Crippen LogP contribution in [0.3, 0.4) is 0 Å². The van der Waals surface area contributed by atoms with Crippen molar-refractivity contribution in [1.82, 2.24) is 5.32 Å². The predicted molar refractivity (Wildman–Crippen MR) is 99.1 cm³/mol. The van der Waals surface area contributed by atoms with E-state index in [2.05, 4.69) is 10.1 Å². The van der Waals surface area contributed by atoms with E-state index >= 15 is 0 Å². The molecule has 0 spiro atoms. The van der Waals surface area contributed by atoms with Crippen LogP contribution in [0.2, 0.25) is 0 Å². The van der Waals surface area contributed by atoms with Crippen LogP contribution in [0, 0.1) is 0 Å². The van der Waals surface area contributed by atoms with Gasteiger partial charge in [0.15, 0.2) is 0 Å². The number of esters is 1. The number of nitrogens with one attached hydrogen (secondary N) is 1. The smallest absolute Gasteiger partial charge is 0.326 e. The number of methoxy groups -OCH3 is 1. The van der Waals surface area contributed by atoms with Crippen LogP contribution in [0.15, 0.2) is 0 Å². The average Bonchev–Trinajstić information content (AvgIpc) is 2.62. The van der Waals surface area contributed by atoms with Gasteiger partial charge in [-0.25, -0.2) is 4.79 Å². The summed E-state index contributed by atoms with van der Waals surface area (Å²) in [6, 6.07) is -1.16. The first-order chi connectivity index (χ1) is 12.9. The second-order valence-electron chi connectivity index (χ2n) is 6.59. The van der Waals surface area contributed by atoms with Crippen LogP contribution in [0.5, 0.6) is 0 Å². The van der Waals surface area contributed by atoms with Gasteiger partial charge >= 0.3 is 11.9 Å². The van der Waals surface area contributed by atoms with Crippen molar-refractivity contribution in [3.05, 3.63) is 0 Å². The largest absolute Gasteiger partial charge is 0.480 e. The Hall–Kier alpha value is -1.96. The molecular weight excluding hydrogens is 354 g/mol. The molecule has 156 valence electrons. The molecule has 0 saturated carbocycles. The Bertz CT molecular complexity index is 465. The molecule has 0 unspecified atom stereocenters. The third kappa shape index (κ3) is 14.9. The molecular formula is C19H33NO7. The molecule has 0 bridgehead atoms. The summed E-state index contributed by atoms with van der Waals surface area (Å²) in [7, 11) is 1.39. The Morgan fingerprint density at radius 1 is 0.889 bits per heavy atom. The molecule has 3 N–H and O–H groups in total. The zero-order chi connectivity index (χ0) is 20.5. The highest BCUT2D eigenvalue weighted by Crippen LogP contribution is 2.11. The lowest BCUT2D eigenvalue weighted by Crippen LogP contribution is -2.42. The maximum absolute atomic E-state index is 11.8. The van der Waals surface area contributed by atoms with Gasteiger partial charge in [-0.05, 0) is 12.8 Å². The molecule has 0 rings (SSSR count). The molecule has 0 saturated heterocycles. The van der Waals surface area contributed by atoms with E-state index in [1.165, 1.54) is 7.11 Å². The molecule has 0 heterocycles. The van der Waals surface area contributed by atoms with E-state index in [1.807, 2.05) is 0 Å². The van der Waals surface area contributed by atoms with Gasteiger partial charge in [-0.1, -0.05) is 38.5 Å². The SMILES string of the molecule is COC(=O)CCCCCCCCCCC(=O)CC(=O)N[C@@H](CCO)C(=O)O. The highest BCUT2D eigenvalue weighted by molar-refractivity contribution is 5.99. The van der Waals surface area contributed by atoms with Gasteiger partial charge in [0.05, 0.1) is 13.5 Å². The third-order valence-corrected chi connectivity index (χ3v) is 4.22. The van der Waals surface area contributed by atoms with Crippen molar-refractivity contribution in [1.29, 1.82) is 0 Å². The van der Waals surface area contributed by atoms with Crippen molar-refractivity contribution in [3.63, 3.8) is 0 Å². The number of ether oxygens (including phenoxy) is 1. The lowest BCUT2D eigenvalue weighted by Gasteiger charge is -2.12. The summed E-state index contributed by atoms with van der Waals surface area (Å²) < 4.78 is 4.58. The maximum Gasteiger partial charge on any atom is 0.326 e. The number of hydrogen-bond acceptors (Lipinski definition) is 6. The number of carboxylic acids is 1. The number of aliphatic hydroxyl groups excluding tert-OH is 1. The number of carbonyl (C=O) groups is 4. The number of rotatable bonds is 17. The lowest BCUT2D eigenvalue weighted by atomic mass is 10.0. The molecule has 0 aromatic heterocycles. The molecule has 0 aromatic rings. The van der Waals surface area contributed by atoms with Crippen LogP contribution in [-0.4, -0.2) is 53.6 Å². The minimum Gasteiger partial charge on any atom is -0.480 e. The zero-order valence-corrected chi connectivity index (χ0v) is 16.2. The van der Waals surface area contributed by atoms with Gasteiger partial charge in [0.1, 0.15) is 11.8 Å². The summed E-state index contributed by atoms with van der Waals surface area (Å²) in [6.07, 6.45) is 8.14. The summed E-state index contributed by atoms with van der Waals surface area (Å²) >= 11 is 0. The van der Waals surface area contributed by atoms with Gasteiger partial charge in [-0.2, -0.15) is 0 Å². The van der Waals surface area contributed by atoms with Crippen molar-refractivity contribution in [2.45, 2.75) is 83.1 Å². The topological polar surface area (TPSA) is 130 Å². The zero-order valence-electron chi connectivity index (χ0n) is 16.2. The first-order valence-electron chi connectivity index (χ1n) is 9.62. The van der Waals surface area contributed by atoms with Crippen LogP contribution in [-0.2, 0) is 23.9 Å². The number of amides is 1. The molecule has 1 amide bonds. The summed E-state index contributed by atoms with van der Waals surface area (Å²) in [5.74, 6) is -2.22. The molecule has 0 radical (unpaired) electrons. The van der Waals surface area contributed by atoms with Crippen molar-refractivity contribution < 1.29 is 34.1 Å². The van der Waals surface area contributed by atoms with Gasteiger partial charge in [0.2, 0.25) is 5.91 Å². The Kier molecular flexibility index (Phi) is 15.1. The first kappa shape index (κ1) is 25.0. The van der Waals surface area contributed by atoms with Crippen LogP contribution in [0.25, 0.3) is 0 Å². The van der Waals surface area contributed by atoms with E-state index in [0.29, 0.717) is 19.3 Å². The second-order valence-corrected chi connectivity index (χ2v) is 6.59. The number of carbonyl (C=O) groups excluding carboxylic acids is 3. The Morgan fingerprint density at radius 3 is 1.89 bits per heavy atom. The number of ketones is 1. The third-order valence-electron chi connectivity index (χ3n) is 4.22. The van der Waals surface area contributed by atoms with E-state index in [9.17, 15) is 19.2 Å². The Labute approximate surface area is 160 Å². The molecule has 0 aliphatic rings. The molecule has 0 aromatic carbocycles. The summed E-state index contributed by atoms with van der Waals surface area (Å²) in [5.41, 5.74) is 0. The molecule has 1 atom stereocenters. The van der Waals surface area contributed by atoms with Crippen molar-refractivity contribution >= 4 is 23.6 Å². The molecule has 8 nitrogen and oxygen atoms in total. The fraction of sp³-hybridized carbons (Fsp3) is 0.789. The standard InChI is InChI=1S/C19H33NO7/c1-27-18(24)11-9-7-5-3-2-4-6-8-10-15(22)14-17(23)20-16(12-13-21)19(25)26/h16,21H,2-14H2,1H3,(H,20,23)(H,25,26)/t16-/m0/s1. The molecule has 0 fully saturated rings. The maximum atomic E-state index is 11.8. The van der Waals surface area contributed by atoms with E-state index in [1.54, 1.807) is 0 Å². The normalized spacial score (nSPS) is 11.6. The van der Waals surface area contributed by atoms with E-state index < -0.39 is 17.9 Å². The number of hydrogen-bond donors (Lipinski definition) is 3. The predicted octanol–water partition coefficient (Wildman–Crippen LogP) is 1.97. The lowest BCUT2D eigenvalue weighted by molar-refractivity contribution is -0.143. The summed E-state index contributed by atoms with van der Waals surface area (Å²) in [5, 5.41) is 19.9. The van der Waals surface area contributed by atoms with E-state index in [0.717, 1.165) is 44.9 Å². The van der Waals surface area contributed by atoms with E-state index in [-0.39, 0.29) is 31.2 Å². The number of aliphatic carboxylic acids is 1. The van der Waals surface area contributed by atoms with Gasteiger partial charge in [0.25, 0.3) is 0 Å². The monoisotopic (exact) mass is 387 g/mol. The fourth-order valence-electron chi connectivity index (χ4n) is 2.65. The number of unbranched alkanes of at least 4 members (excludes halogenated alkanes) is 7. The van der Waals surface area contributed by atoms with Gasteiger partial charge in [0, 0.05) is 25.9 Å². The Balaban J connectivity index is 3.62. The minimum absolute atomic E-state index is 0.0854. The quantitative estimate of drug-likeness (QED) is 0.198. The molecule has 0 aliphatic carbocycles. The van der Waals surface area contributed by atoms with Gasteiger partial charge < -0.3 is 20.3 Å². The Morgan fingerprint density at radius 2 is 1.41 bits per heavy atom. The van der Waals surface area contributed by atoms with Gasteiger partial charge in [-0.3, -0.25) is 14.4 Å². The van der Waals surface area contributed by atoms with Crippen molar-refractivity contribution in [2.75, 3.05) is 13.7 Å². The molecule has 8 heteroatoms. The molecule has 0 aliphatic heterocycles. The van der Waals surface area contributed by atoms with Crippen LogP contribution < -0.4 is 5.32 Å². The second kappa shape index (κ2) is 16.2. The van der Waals surface area contributed by atoms with Crippen molar-refractivity contribution in [2.24, 2.45) is 0 Å². The highest BCUT2D eigenvalue weighted by Gasteiger charge is 2.20. The van der Waals surface area contributed by atoms with Crippen LogP contribution >= 0.6 is 0 Å². The summed E-state index contributed by atoms with van der Waals surface area (Å²) in [6.45, 7) is -0.351. The number of carboxylic acid groups (broad SMARTS) is 1. The van der Waals surface area contributed by atoms with E-state index in [4.69, 9.17) is 10.2 Å². The van der Waals surface area contributed by atoms with Crippen molar-refractivity contribution in [3.8, 4) is 0 Å². The van der Waals surface area contributed by atoms with Gasteiger partial charge in [-0.15, -0.1) is 0 Å². The highest BCUT2D eigenvalue weighted by atomic mass is 16.5. The van der Waals surface area contributed by atoms with Crippen LogP contribution in [0.4, 0.5) is 0 Å². The summed E-state index contributed by atoms with van der Waals surface area (Å²) in [4.78, 5) is 45.2. The fourth-order valence-corrected chi connectivity index (χ4v) is 2.65. The first-order valence-corrected chi connectivity index (χ1v) is 9.62. The number of aliphatic hydroxyl groups is 1.